The van der Waals surface area contributed by atoms with Crippen molar-refractivity contribution in [2.45, 2.75) is 30.3 Å². The van der Waals surface area contributed by atoms with Crippen LogP contribution in [0.2, 0.25) is 0 Å². The summed E-state index contributed by atoms with van der Waals surface area (Å²) >= 11 is 1.05. The largest absolute Gasteiger partial charge is 0.390 e. The van der Waals surface area contributed by atoms with Crippen molar-refractivity contribution in [3.8, 4) is 0 Å². The Balaban J connectivity index is 2.75. The highest BCUT2D eigenvalue weighted by Gasteiger charge is 2.28. The van der Waals surface area contributed by atoms with Gasteiger partial charge in [-0.25, -0.2) is 13.1 Å². The minimum absolute atomic E-state index is 0.0393. The van der Waals surface area contributed by atoms with Crippen LogP contribution in [0.5, 0.6) is 0 Å². The van der Waals surface area contributed by atoms with Crippen LogP contribution < -0.4 is 10.0 Å². The van der Waals surface area contributed by atoms with Gasteiger partial charge in [-0.3, -0.25) is 0 Å². The molecular weight excluding hydrogens is 301 g/mol. The van der Waals surface area contributed by atoms with E-state index in [1.165, 1.54) is 6.07 Å². The zero-order valence-corrected chi connectivity index (χ0v) is 12.1. The van der Waals surface area contributed by atoms with Crippen molar-refractivity contribution in [2.24, 2.45) is 0 Å². The molecular formula is C10H15F3N2O2S2. The van der Waals surface area contributed by atoms with E-state index in [4.69, 9.17) is 0 Å². The van der Waals surface area contributed by atoms with Gasteiger partial charge in [-0.05, 0) is 25.6 Å². The number of nitrogens with one attached hydrogen (secondary N) is 2. The minimum atomic E-state index is -4.37. The number of hydrogen-bond acceptors (Lipinski definition) is 4. The number of sulfonamides is 1. The van der Waals surface area contributed by atoms with Gasteiger partial charge in [-0.15, -0.1) is 11.3 Å². The van der Waals surface area contributed by atoms with E-state index in [1.54, 1.807) is 14.0 Å². The summed E-state index contributed by atoms with van der Waals surface area (Å²) in [6, 6.07) is 1.47. The average molecular weight is 316 g/mol. The van der Waals surface area contributed by atoms with Gasteiger partial charge in [-0.1, -0.05) is 0 Å². The molecule has 1 aromatic rings. The summed E-state index contributed by atoms with van der Waals surface area (Å²) in [4.78, 5) is 0.846. The molecule has 0 aliphatic carbocycles. The highest BCUT2D eigenvalue weighted by Crippen LogP contribution is 2.26. The molecule has 9 heteroatoms. The predicted octanol–water partition coefficient (Wildman–Crippen LogP) is 2.01. The van der Waals surface area contributed by atoms with Gasteiger partial charge in [0.2, 0.25) is 10.0 Å². The molecule has 0 fully saturated rings. The summed E-state index contributed by atoms with van der Waals surface area (Å²) in [5, 5.41) is 2.90. The predicted molar refractivity (Wildman–Crippen MR) is 67.7 cm³/mol. The van der Waals surface area contributed by atoms with E-state index < -0.39 is 29.2 Å². The summed E-state index contributed by atoms with van der Waals surface area (Å²) in [6.45, 7) is 1.64. The molecule has 0 bridgehead atoms. The van der Waals surface area contributed by atoms with Gasteiger partial charge in [0, 0.05) is 18.0 Å². The van der Waals surface area contributed by atoms with Gasteiger partial charge in [0.15, 0.2) is 0 Å². The van der Waals surface area contributed by atoms with Gasteiger partial charge in [0.25, 0.3) is 0 Å². The monoisotopic (exact) mass is 316 g/mol. The first kappa shape index (κ1) is 16.4. The highest BCUT2D eigenvalue weighted by atomic mass is 32.2. The van der Waals surface area contributed by atoms with Crippen LogP contribution in [0.4, 0.5) is 13.2 Å². The maximum absolute atomic E-state index is 12.0. The molecule has 0 spiro atoms. The van der Waals surface area contributed by atoms with E-state index in [-0.39, 0.29) is 4.21 Å². The zero-order valence-electron chi connectivity index (χ0n) is 10.5. The molecule has 0 radical (unpaired) electrons. The minimum Gasteiger partial charge on any atom is -0.315 e. The standard InChI is InChI=1S/C10H15F3N2O2S2/c1-7-5-9(18-8(7)6-14-2)19(16,17)15-4-3-10(11,12)13/h5,14-15H,3-4,6H2,1-2H3. The molecule has 1 rings (SSSR count). The first-order chi connectivity index (χ1) is 8.65. The summed E-state index contributed by atoms with van der Waals surface area (Å²) in [5.41, 5.74) is 0.801. The summed E-state index contributed by atoms with van der Waals surface area (Å²) < 4.78 is 61.5. The second-order valence-electron chi connectivity index (χ2n) is 3.96. The van der Waals surface area contributed by atoms with Gasteiger partial charge in [-0.2, -0.15) is 13.2 Å². The van der Waals surface area contributed by atoms with E-state index in [2.05, 4.69) is 5.32 Å². The number of rotatable bonds is 6. The van der Waals surface area contributed by atoms with E-state index in [0.29, 0.717) is 6.54 Å². The molecule has 0 saturated heterocycles. The lowest BCUT2D eigenvalue weighted by molar-refractivity contribution is -0.132. The molecule has 0 amide bonds. The van der Waals surface area contributed by atoms with Crippen molar-refractivity contribution in [1.82, 2.24) is 10.0 Å². The molecule has 0 aromatic carbocycles. The number of alkyl halides is 3. The summed E-state index contributed by atoms with van der Waals surface area (Å²) in [5.74, 6) is 0. The summed E-state index contributed by atoms with van der Waals surface area (Å²) in [7, 11) is -2.13. The Labute approximate surface area is 114 Å². The Morgan fingerprint density at radius 1 is 1.37 bits per heavy atom. The van der Waals surface area contributed by atoms with Crippen molar-refractivity contribution in [3.05, 3.63) is 16.5 Å². The van der Waals surface area contributed by atoms with Crippen molar-refractivity contribution in [3.63, 3.8) is 0 Å². The van der Waals surface area contributed by atoms with Gasteiger partial charge >= 0.3 is 6.18 Å². The first-order valence-corrected chi connectivity index (χ1v) is 7.76. The third-order valence-electron chi connectivity index (χ3n) is 2.30. The van der Waals surface area contributed by atoms with Crippen LogP contribution in [0.1, 0.15) is 16.9 Å². The van der Waals surface area contributed by atoms with E-state index in [1.807, 2.05) is 4.72 Å². The van der Waals surface area contributed by atoms with E-state index >= 15 is 0 Å². The highest BCUT2D eigenvalue weighted by molar-refractivity contribution is 7.91. The van der Waals surface area contributed by atoms with Crippen LogP contribution in [-0.4, -0.2) is 28.2 Å². The Morgan fingerprint density at radius 2 is 2.00 bits per heavy atom. The molecule has 4 nitrogen and oxygen atoms in total. The van der Waals surface area contributed by atoms with Gasteiger partial charge in [0.1, 0.15) is 4.21 Å². The lowest BCUT2D eigenvalue weighted by Gasteiger charge is -2.07. The molecule has 2 N–H and O–H groups in total. The fraction of sp³-hybridized carbons (Fsp3) is 0.600. The molecule has 0 saturated carbocycles. The Morgan fingerprint density at radius 3 is 2.53 bits per heavy atom. The zero-order chi connectivity index (χ0) is 14.7. The van der Waals surface area contributed by atoms with Gasteiger partial charge < -0.3 is 5.32 Å². The summed E-state index contributed by atoms with van der Waals surface area (Å²) in [6.07, 6.45) is -5.55. The van der Waals surface area contributed by atoms with Crippen LogP contribution in [-0.2, 0) is 16.6 Å². The van der Waals surface area contributed by atoms with Crippen LogP contribution in [0.15, 0.2) is 10.3 Å². The molecule has 110 valence electrons. The quantitative estimate of drug-likeness (QED) is 0.844. The lowest BCUT2D eigenvalue weighted by atomic mass is 10.3. The smallest absolute Gasteiger partial charge is 0.315 e. The lowest BCUT2D eigenvalue weighted by Crippen LogP contribution is -2.27. The topological polar surface area (TPSA) is 58.2 Å². The maximum Gasteiger partial charge on any atom is 0.390 e. The van der Waals surface area contributed by atoms with E-state index in [0.717, 1.165) is 21.8 Å². The fourth-order valence-corrected chi connectivity index (χ4v) is 4.03. The molecule has 1 heterocycles. The van der Waals surface area contributed by atoms with Crippen LogP contribution in [0, 0.1) is 6.92 Å². The number of halogens is 3. The SMILES string of the molecule is CNCc1sc(S(=O)(=O)NCCC(F)(F)F)cc1C. The molecule has 1 aromatic heterocycles. The number of thiophene rings is 1. The van der Waals surface area contributed by atoms with Crippen LogP contribution >= 0.6 is 11.3 Å². The maximum atomic E-state index is 12.0. The van der Waals surface area contributed by atoms with Gasteiger partial charge in [0.05, 0.1) is 6.42 Å². The van der Waals surface area contributed by atoms with Crippen molar-refractivity contribution in [1.29, 1.82) is 0 Å². The first-order valence-electron chi connectivity index (χ1n) is 5.46. The molecule has 0 aliphatic rings. The molecule has 19 heavy (non-hydrogen) atoms. The molecule has 0 atom stereocenters. The Kier molecular flexibility index (Phi) is 5.36. The number of aryl methyl sites for hydroxylation is 1. The third kappa shape index (κ3) is 5.09. The second-order valence-corrected chi connectivity index (χ2v) is 7.10. The Hall–Kier alpha value is -0.640. The van der Waals surface area contributed by atoms with Crippen molar-refractivity contribution < 1.29 is 21.6 Å². The molecule has 0 unspecified atom stereocenters. The van der Waals surface area contributed by atoms with Crippen molar-refractivity contribution in [2.75, 3.05) is 13.6 Å². The number of hydrogen-bond donors (Lipinski definition) is 2. The van der Waals surface area contributed by atoms with Crippen molar-refractivity contribution >= 4 is 21.4 Å². The fourth-order valence-electron chi connectivity index (χ4n) is 1.36. The second kappa shape index (κ2) is 6.21. The van der Waals surface area contributed by atoms with Crippen LogP contribution in [0.25, 0.3) is 0 Å². The van der Waals surface area contributed by atoms with E-state index in [9.17, 15) is 21.6 Å². The average Bonchev–Trinajstić information content (AvgIpc) is 2.59. The third-order valence-corrected chi connectivity index (χ3v) is 5.47. The van der Waals surface area contributed by atoms with Crippen LogP contribution in [0.3, 0.4) is 0 Å². The molecule has 0 aliphatic heterocycles. The Bertz CT molecular complexity index is 523. The normalized spacial score (nSPS) is 12.9.